The van der Waals surface area contributed by atoms with Gasteiger partial charge in [0.2, 0.25) is 15.9 Å². The number of hydrogen-bond donors (Lipinski definition) is 1. The lowest BCUT2D eigenvalue weighted by molar-refractivity contribution is -0.120. The van der Waals surface area contributed by atoms with Crippen molar-refractivity contribution in [1.82, 2.24) is 4.31 Å². The number of halogens is 1. The Hall–Kier alpha value is -2.78. The van der Waals surface area contributed by atoms with Crippen LogP contribution in [-0.4, -0.2) is 44.6 Å². The quantitative estimate of drug-likeness (QED) is 0.706. The monoisotopic (exact) mass is 434 g/mol. The number of nitrogens with one attached hydrogen (secondary N) is 1. The second-order valence-corrected chi connectivity index (χ2v) is 9.03. The van der Waals surface area contributed by atoms with E-state index in [0.717, 1.165) is 12.1 Å². The summed E-state index contributed by atoms with van der Waals surface area (Å²) in [6.45, 7) is 1.64. The summed E-state index contributed by atoms with van der Waals surface area (Å²) in [5, 5.41) is 2.75. The van der Waals surface area contributed by atoms with Crippen LogP contribution in [0.15, 0.2) is 47.4 Å². The first-order valence-corrected chi connectivity index (χ1v) is 10.9. The first kappa shape index (κ1) is 21.9. The zero-order valence-corrected chi connectivity index (χ0v) is 17.5. The maximum atomic E-state index is 13.7. The molecule has 0 radical (unpaired) electrons. The SMILES string of the molecule is COc1ccc(F)cc1S(=O)(=O)N1CCCC(C(=O)Nc2cccc(C(C)=O)c2)C1. The molecule has 0 aromatic heterocycles. The molecule has 1 amide bonds. The third kappa shape index (κ3) is 4.68. The van der Waals surface area contributed by atoms with Gasteiger partial charge in [0.25, 0.3) is 0 Å². The number of rotatable bonds is 6. The highest BCUT2D eigenvalue weighted by atomic mass is 32.2. The van der Waals surface area contributed by atoms with E-state index < -0.39 is 21.8 Å². The third-order valence-corrected chi connectivity index (χ3v) is 6.92. The molecule has 1 unspecified atom stereocenters. The highest BCUT2D eigenvalue weighted by molar-refractivity contribution is 7.89. The lowest BCUT2D eigenvalue weighted by Crippen LogP contribution is -2.43. The Labute approximate surface area is 174 Å². The van der Waals surface area contributed by atoms with Crippen molar-refractivity contribution in [2.75, 3.05) is 25.5 Å². The maximum absolute atomic E-state index is 13.7. The van der Waals surface area contributed by atoms with Gasteiger partial charge < -0.3 is 10.1 Å². The standard InChI is InChI=1S/C21H23FN2O5S/c1-14(25)15-5-3-7-18(11-15)23-21(26)16-6-4-10-24(13-16)30(27,28)20-12-17(22)8-9-19(20)29-2/h3,5,7-9,11-12,16H,4,6,10,13H2,1-2H3,(H,23,26). The maximum Gasteiger partial charge on any atom is 0.246 e. The number of carbonyl (C=O) groups is 2. The third-order valence-electron chi connectivity index (χ3n) is 5.04. The van der Waals surface area contributed by atoms with E-state index in [1.165, 1.54) is 24.4 Å². The molecule has 1 aliphatic rings. The average Bonchev–Trinajstić information content (AvgIpc) is 2.74. The number of benzene rings is 2. The summed E-state index contributed by atoms with van der Waals surface area (Å²) in [7, 11) is -2.73. The molecule has 2 aromatic carbocycles. The van der Waals surface area contributed by atoms with Gasteiger partial charge in [-0.3, -0.25) is 9.59 Å². The second-order valence-electron chi connectivity index (χ2n) is 7.12. The Kier molecular flexibility index (Phi) is 6.52. The van der Waals surface area contributed by atoms with E-state index in [-0.39, 0.29) is 35.4 Å². The fourth-order valence-electron chi connectivity index (χ4n) is 3.43. The lowest BCUT2D eigenvalue weighted by Gasteiger charge is -2.31. The van der Waals surface area contributed by atoms with Crippen LogP contribution >= 0.6 is 0 Å². The van der Waals surface area contributed by atoms with E-state index in [9.17, 15) is 22.4 Å². The van der Waals surface area contributed by atoms with Crippen LogP contribution in [-0.2, 0) is 14.8 Å². The molecule has 30 heavy (non-hydrogen) atoms. The minimum atomic E-state index is -4.04. The van der Waals surface area contributed by atoms with Gasteiger partial charge in [-0.25, -0.2) is 12.8 Å². The van der Waals surface area contributed by atoms with Crippen molar-refractivity contribution in [3.8, 4) is 5.75 Å². The molecular weight excluding hydrogens is 411 g/mol. The van der Waals surface area contributed by atoms with Crippen LogP contribution in [0, 0.1) is 11.7 Å². The van der Waals surface area contributed by atoms with Crippen LogP contribution in [0.4, 0.5) is 10.1 Å². The van der Waals surface area contributed by atoms with Crippen LogP contribution in [0.3, 0.4) is 0 Å². The van der Waals surface area contributed by atoms with Gasteiger partial charge in [0.15, 0.2) is 5.78 Å². The van der Waals surface area contributed by atoms with Gasteiger partial charge >= 0.3 is 0 Å². The summed E-state index contributed by atoms with van der Waals surface area (Å²) in [4.78, 5) is 24.0. The average molecular weight is 434 g/mol. The molecule has 1 N–H and O–H groups in total. The molecule has 1 heterocycles. The molecule has 1 saturated heterocycles. The van der Waals surface area contributed by atoms with E-state index >= 15 is 0 Å². The molecule has 0 spiro atoms. The normalized spacial score (nSPS) is 17.4. The summed E-state index contributed by atoms with van der Waals surface area (Å²) in [5.41, 5.74) is 0.943. The van der Waals surface area contributed by atoms with Crippen molar-refractivity contribution >= 4 is 27.4 Å². The summed E-state index contributed by atoms with van der Waals surface area (Å²) >= 11 is 0. The fourth-order valence-corrected chi connectivity index (χ4v) is 5.12. The van der Waals surface area contributed by atoms with Crippen LogP contribution < -0.4 is 10.1 Å². The van der Waals surface area contributed by atoms with Crippen LogP contribution in [0.5, 0.6) is 5.75 Å². The zero-order valence-electron chi connectivity index (χ0n) is 16.7. The number of anilines is 1. The number of piperidine rings is 1. The van der Waals surface area contributed by atoms with E-state index in [4.69, 9.17) is 4.74 Å². The first-order chi connectivity index (χ1) is 14.2. The molecule has 1 fully saturated rings. The molecule has 7 nitrogen and oxygen atoms in total. The summed E-state index contributed by atoms with van der Waals surface area (Å²) in [6, 6.07) is 9.87. The number of Topliss-reactive ketones (excluding diaryl/α,β-unsaturated/α-hetero) is 1. The second kappa shape index (κ2) is 8.93. The fraction of sp³-hybridized carbons (Fsp3) is 0.333. The van der Waals surface area contributed by atoms with Crippen molar-refractivity contribution < 1.29 is 27.1 Å². The highest BCUT2D eigenvalue weighted by Crippen LogP contribution is 2.30. The van der Waals surface area contributed by atoms with Gasteiger partial charge in [0.1, 0.15) is 16.5 Å². The Bertz CT molecular complexity index is 1070. The van der Waals surface area contributed by atoms with Gasteiger partial charge in [-0.1, -0.05) is 12.1 Å². The smallest absolute Gasteiger partial charge is 0.246 e. The molecule has 2 aromatic rings. The Morgan fingerprint density at radius 2 is 1.97 bits per heavy atom. The Balaban J connectivity index is 1.78. The summed E-state index contributed by atoms with van der Waals surface area (Å²) < 4.78 is 46.1. The van der Waals surface area contributed by atoms with Crippen molar-refractivity contribution in [1.29, 1.82) is 0 Å². The van der Waals surface area contributed by atoms with Crippen LogP contribution in [0.25, 0.3) is 0 Å². The number of methoxy groups -OCH3 is 1. The Morgan fingerprint density at radius 1 is 1.20 bits per heavy atom. The molecule has 0 saturated carbocycles. The number of carbonyl (C=O) groups excluding carboxylic acids is 2. The molecule has 160 valence electrons. The first-order valence-electron chi connectivity index (χ1n) is 9.48. The van der Waals surface area contributed by atoms with Gasteiger partial charge in [-0.15, -0.1) is 0 Å². The van der Waals surface area contributed by atoms with Crippen LogP contribution in [0.2, 0.25) is 0 Å². The highest BCUT2D eigenvalue weighted by Gasteiger charge is 2.35. The van der Waals surface area contributed by atoms with Crippen molar-refractivity contribution in [3.63, 3.8) is 0 Å². The topological polar surface area (TPSA) is 92.8 Å². The Morgan fingerprint density at radius 3 is 2.67 bits per heavy atom. The predicted molar refractivity (Wildman–Crippen MR) is 110 cm³/mol. The van der Waals surface area contributed by atoms with Gasteiger partial charge in [-0.2, -0.15) is 4.31 Å². The molecule has 1 aliphatic heterocycles. The van der Waals surface area contributed by atoms with E-state index in [2.05, 4.69) is 5.32 Å². The van der Waals surface area contributed by atoms with Gasteiger partial charge in [-0.05, 0) is 50.1 Å². The lowest BCUT2D eigenvalue weighted by atomic mass is 9.98. The molecular formula is C21H23FN2O5S. The van der Waals surface area contributed by atoms with E-state index in [0.29, 0.717) is 24.1 Å². The number of sulfonamides is 1. The molecule has 0 aliphatic carbocycles. The largest absolute Gasteiger partial charge is 0.495 e. The van der Waals surface area contributed by atoms with E-state index in [1.807, 2.05) is 0 Å². The summed E-state index contributed by atoms with van der Waals surface area (Å²) in [5.74, 6) is -1.67. The van der Waals surface area contributed by atoms with Crippen molar-refractivity contribution in [2.24, 2.45) is 5.92 Å². The molecule has 0 bridgehead atoms. The number of amides is 1. The number of ketones is 1. The number of hydrogen-bond acceptors (Lipinski definition) is 5. The van der Waals surface area contributed by atoms with E-state index in [1.54, 1.807) is 24.3 Å². The zero-order chi connectivity index (χ0) is 21.9. The van der Waals surface area contributed by atoms with Gasteiger partial charge in [0.05, 0.1) is 13.0 Å². The summed E-state index contributed by atoms with van der Waals surface area (Å²) in [6.07, 6.45) is 1.01. The predicted octanol–water partition coefficient (Wildman–Crippen LogP) is 3.08. The minimum absolute atomic E-state index is 0.0275. The number of nitrogens with zero attached hydrogens (tertiary/aromatic N) is 1. The van der Waals surface area contributed by atoms with Crippen molar-refractivity contribution in [2.45, 2.75) is 24.7 Å². The number of ether oxygens (including phenoxy) is 1. The molecule has 3 rings (SSSR count). The van der Waals surface area contributed by atoms with Gasteiger partial charge in [0, 0.05) is 24.3 Å². The minimum Gasteiger partial charge on any atom is -0.495 e. The molecule has 9 heteroatoms. The molecule has 1 atom stereocenters. The van der Waals surface area contributed by atoms with Crippen molar-refractivity contribution in [3.05, 3.63) is 53.8 Å². The van der Waals surface area contributed by atoms with Crippen LogP contribution in [0.1, 0.15) is 30.1 Å².